The summed E-state index contributed by atoms with van der Waals surface area (Å²) in [6.07, 6.45) is 7.83. The van der Waals surface area contributed by atoms with Gasteiger partial charge in [0.15, 0.2) is 0 Å². The summed E-state index contributed by atoms with van der Waals surface area (Å²) in [5.74, 6) is 0.270. The van der Waals surface area contributed by atoms with E-state index >= 15 is 0 Å². The molecule has 0 atom stereocenters. The summed E-state index contributed by atoms with van der Waals surface area (Å²) in [6, 6.07) is 8.37. The fraction of sp³-hybridized carbons (Fsp3) is 0.619. The Bertz CT molecular complexity index is 513. The molecule has 160 valence electrons. The van der Waals surface area contributed by atoms with Crippen molar-refractivity contribution in [2.45, 2.75) is 65.7 Å². The van der Waals surface area contributed by atoms with E-state index < -0.39 is 10.4 Å². The predicted molar refractivity (Wildman–Crippen MR) is 114 cm³/mol. The van der Waals surface area contributed by atoms with Gasteiger partial charge in [-0.3, -0.25) is 0 Å². The second-order valence-corrected chi connectivity index (χ2v) is 6.75. The van der Waals surface area contributed by atoms with Crippen LogP contribution in [0.3, 0.4) is 0 Å². The quantitative estimate of drug-likeness (QED) is 0.276. The first-order chi connectivity index (χ1) is 13.1. The van der Waals surface area contributed by atoms with Crippen molar-refractivity contribution in [2.75, 3.05) is 19.8 Å². The molecule has 7 heteroatoms. The predicted octanol–water partition coefficient (Wildman–Crippen LogP) is 3.04. The van der Waals surface area contributed by atoms with Crippen LogP contribution in [0.4, 0.5) is 0 Å². The molecule has 0 heterocycles. The van der Waals surface area contributed by atoms with E-state index in [2.05, 4.69) is 20.1 Å². The van der Waals surface area contributed by atoms with E-state index in [1.54, 1.807) is 30.3 Å². The van der Waals surface area contributed by atoms with Crippen LogP contribution in [-0.2, 0) is 19.3 Å². The molecule has 0 N–H and O–H groups in total. The van der Waals surface area contributed by atoms with E-state index in [1.807, 2.05) is 13.8 Å². The van der Waals surface area contributed by atoms with Gasteiger partial charge in [-0.05, 0) is 32.4 Å². The summed E-state index contributed by atoms with van der Waals surface area (Å²) in [4.78, 5) is 0. The van der Waals surface area contributed by atoms with E-state index in [0.29, 0.717) is 0 Å². The average Bonchev–Trinajstić information content (AvgIpc) is 2.67. The maximum atomic E-state index is 11.5. The first kappa shape index (κ1) is 32.3. The van der Waals surface area contributed by atoms with Gasteiger partial charge in [-0.1, -0.05) is 63.6 Å². The number of unbranched alkanes of at least 4 members (excludes halogenated alkanes) is 6. The minimum Gasteiger partial charge on any atom is -1.00 e. The van der Waals surface area contributed by atoms with Crippen molar-refractivity contribution in [3.63, 3.8) is 0 Å². The molecule has 1 aromatic rings. The number of hydrogen-bond donors (Lipinski definition) is 0. The second kappa shape index (κ2) is 24.7. The molecule has 0 bridgehead atoms. The summed E-state index contributed by atoms with van der Waals surface area (Å²) in [5, 5.41) is 0. The zero-order valence-electron chi connectivity index (χ0n) is 19.3. The Hall–Kier alpha value is -0.370. The molecule has 0 radical (unpaired) electrons. The van der Waals surface area contributed by atoms with Crippen LogP contribution in [-0.4, -0.2) is 28.2 Å². The second-order valence-electron chi connectivity index (χ2n) is 5.53. The molecule has 0 spiro atoms. The molecule has 0 amide bonds. The Kier molecular flexibility index (Phi) is 28.5. The summed E-state index contributed by atoms with van der Waals surface area (Å²) >= 11 is 0. The van der Waals surface area contributed by atoms with Gasteiger partial charge < -0.3 is 10.3 Å². The zero-order valence-corrected chi connectivity index (χ0v) is 21.1. The van der Waals surface area contributed by atoms with Crippen LogP contribution < -0.4 is 33.7 Å². The Morgan fingerprint density at radius 3 is 1.82 bits per heavy atom. The monoisotopic (exact) mass is 426 g/mol. The van der Waals surface area contributed by atoms with Crippen LogP contribution >= 0.6 is 0 Å². The van der Waals surface area contributed by atoms with Crippen LogP contribution in [0.5, 0.6) is 5.75 Å². The van der Waals surface area contributed by atoms with Gasteiger partial charge in [-0.25, -0.2) is 4.18 Å². The number of benzene rings is 1. The first-order valence-corrected chi connectivity index (χ1v) is 11.1. The minimum atomic E-state index is -3.94. The summed E-state index contributed by atoms with van der Waals surface area (Å²) in [6.45, 7) is 14.0. The molecule has 0 aliphatic carbocycles. The van der Waals surface area contributed by atoms with Gasteiger partial charge in [0.25, 0.3) is 0 Å². The molecule has 0 fully saturated rings. The molecule has 0 saturated heterocycles. The Morgan fingerprint density at radius 2 is 1.36 bits per heavy atom. The molecule has 0 aliphatic rings. The maximum absolute atomic E-state index is 11.5. The van der Waals surface area contributed by atoms with E-state index in [0.717, 1.165) is 32.5 Å². The molecule has 5 nitrogen and oxygen atoms in total. The van der Waals surface area contributed by atoms with Gasteiger partial charge in [0.05, 0.1) is 6.61 Å². The van der Waals surface area contributed by atoms with Crippen molar-refractivity contribution in [2.24, 2.45) is 0 Å². The van der Waals surface area contributed by atoms with Gasteiger partial charge in [0.2, 0.25) is 0 Å². The molecular formula is C21H39NaO5S. The zero-order chi connectivity index (χ0) is 20.8. The molecule has 28 heavy (non-hydrogen) atoms. The fourth-order valence-electron chi connectivity index (χ4n) is 2.04. The third kappa shape index (κ3) is 23.7. The van der Waals surface area contributed by atoms with Gasteiger partial charge in [-0.2, -0.15) is 8.42 Å². The summed E-state index contributed by atoms with van der Waals surface area (Å²) in [5.41, 5.74) is 0. The van der Waals surface area contributed by atoms with Gasteiger partial charge in [0, 0.05) is 13.2 Å². The van der Waals surface area contributed by atoms with Crippen molar-refractivity contribution in [1.82, 2.24) is 0 Å². The van der Waals surface area contributed by atoms with Crippen molar-refractivity contribution < 1.29 is 52.5 Å². The molecule has 0 aliphatic heterocycles. The number of hydrogen-bond acceptors (Lipinski definition) is 5. The molecule has 1 rings (SSSR count). The van der Waals surface area contributed by atoms with Crippen LogP contribution in [0.25, 0.3) is 0 Å². The third-order valence-electron chi connectivity index (χ3n) is 3.33. The third-order valence-corrected chi connectivity index (χ3v) is 4.18. The number of rotatable bonds is 13. The SMILES string of the molecule is C=C.CCCCCCCCCOS(=O)(=O)Oc1ccccc1.CCOCC.[H-].[Na+]. The van der Waals surface area contributed by atoms with Gasteiger partial charge in [0.1, 0.15) is 5.75 Å². The number of para-hydroxylation sites is 1. The van der Waals surface area contributed by atoms with Gasteiger partial charge in [-0.15, -0.1) is 13.2 Å². The topological polar surface area (TPSA) is 61.8 Å². The van der Waals surface area contributed by atoms with Crippen LogP contribution in [0.2, 0.25) is 0 Å². The Morgan fingerprint density at radius 1 is 0.857 bits per heavy atom. The van der Waals surface area contributed by atoms with E-state index in [1.165, 1.54) is 25.7 Å². The molecule has 1 aromatic carbocycles. The van der Waals surface area contributed by atoms with Crippen LogP contribution in [0, 0.1) is 0 Å². The molecule has 0 unspecified atom stereocenters. The average molecular weight is 427 g/mol. The summed E-state index contributed by atoms with van der Waals surface area (Å²) < 4.78 is 37.5. The fourth-order valence-corrected chi connectivity index (χ4v) is 2.76. The molecular weight excluding hydrogens is 387 g/mol. The normalized spacial score (nSPS) is 9.82. The first-order valence-electron chi connectivity index (χ1n) is 9.77. The van der Waals surface area contributed by atoms with E-state index in [4.69, 9.17) is 13.1 Å². The maximum Gasteiger partial charge on any atom is 1.00 e. The van der Waals surface area contributed by atoms with E-state index in [9.17, 15) is 8.42 Å². The number of ether oxygens (including phenoxy) is 1. The van der Waals surface area contributed by atoms with Crippen LogP contribution in [0.15, 0.2) is 43.5 Å². The van der Waals surface area contributed by atoms with E-state index in [-0.39, 0.29) is 43.3 Å². The largest absolute Gasteiger partial charge is 1.00 e. The van der Waals surface area contributed by atoms with Crippen molar-refractivity contribution >= 4 is 10.4 Å². The van der Waals surface area contributed by atoms with Gasteiger partial charge >= 0.3 is 40.0 Å². The van der Waals surface area contributed by atoms with Crippen molar-refractivity contribution in [3.8, 4) is 5.75 Å². The van der Waals surface area contributed by atoms with Crippen molar-refractivity contribution in [1.29, 1.82) is 0 Å². The minimum absolute atomic E-state index is 0. The summed E-state index contributed by atoms with van der Waals surface area (Å²) in [7, 11) is -3.94. The Labute approximate surface area is 197 Å². The molecule has 0 aromatic heterocycles. The smallest absolute Gasteiger partial charge is 1.00 e. The van der Waals surface area contributed by atoms with Crippen LogP contribution in [0.1, 0.15) is 67.1 Å². The molecule has 0 saturated carbocycles. The van der Waals surface area contributed by atoms with Crippen molar-refractivity contribution in [3.05, 3.63) is 43.5 Å². The standard InChI is InChI=1S/C15H24O4S.C4H10O.C2H4.Na.H/c1-2-3-4-5-6-7-11-14-18-20(16,17)19-15-12-9-8-10-13-15;1-3-5-4-2;1-2;;/h8-10,12-13H,2-7,11,14H2,1H3;3-4H2,1-2H3;1-2H2;;/q;;;+1;-1. The Balaban J connectivity index is -0.000000303.